The second-order valence-corrected chi connectivity index (χ2v) is 7.95. The van der Waals surface area contributed by atoms with Crippen LogP contribution >= 0.6 is 0 Å². The maximum Gasteiger partial charge on any atom is 0.303 e. The lowest BCUT2D eigenvalue weighted by Gasteiger charge is -2.03. The van der Waals surface area contributed by atoms with Crippen molar-refractivity contribution in [3.63, 3.8) is 0 Å². The van der Waals surface area contributed by atoms with Gasteiger partial charge in [0, 0.05) is 6.42 Å². The van der Waals surface area contributed by atoms with E-state index in [1.165, 1.54) is 109 Å². The number of hydrogen-bond donors (Lipinski definition) is 3. The Hall–Kier alpha value is -0.610. The first-order valence-corrected chi connectivity index (χ1v) is 12.1. The zero-order chi connectivity index (χ0) is 21.1. The van der Waals surface area contributed by atoms with Crippen LogP contribution in [0.25, 0.3) is 0 Å². The Labute approximate surface area is 175 Å². The molecule has 170 valence electrons. The maximum absolute atomic E-state index is 10.4. The lowest BCUT2D eigenvalue weighted by Crippen LogP contribution is -1.93. The van der Waals surface area contributed by atoms with E-state index in [1.807, 2.05) is 0 Å². The van der Waals surface area contributed by atoms with Gasteiger partial charge in [0.25, 0.3) is 0 Å². The molecule has 0 aliphatic rings. The topological polar surface area (TPSA) is 77.8 Å². The fourth-order valence-electron chi connectivity index (χ4n) is 3.35. The van der Waals surface area contributed by atoms with Gasteiger partial charge in [-0.05, 0) is 6.42 Å². The van der Waals surface area contributed by atoms with E-state index in [0.29, 0.717) is 6.42 Å². The van der Waals surface area contributed by atoms with Crippen LogP contribution in [0.3, 0.4) is 0 Å². The van der Waals surface area contributed by atoms with Gasteiger partial charge in [-0.3, -0.25) is 4.79 Å². The average molecular weight is 403 g/mol. The standard InChI is InChI=1S/C22H44O2.C2H6O2/c1-2-3-4-5-6-7-8-9-10-11-12-13-14-15-16-17-18-19-20-21-22(23)24;3-1-2-4/h2-21H2,1H3,(H,23,24);3-4H,1-2H2. The number of aliphatic hydroxyl groups is 2. The minimum atomic E-state index is -0.651. The third-order valence-corrected chi connectivity index (χ3v) is 5.09. The molecule has 4 heteroatoms. The predicted molar refractivity (Wildman–Crippen MR) is 120 cm³/mol. The van der Waals surface area contributed by atoms with E-state index in [9.17, 15) is 4.79 Å². The van der Waals surface area contributed by atoms with Crippen LogP contribution in [0.4, 0.5) is 0 Å². The molecule has 0 bridgehead atoms. The van der Waals surface area contributed by atoms with Crippen molar-refractivity contribution >= 4 is 5.97 Å². The van der Waals surface area contributed by atoms with Crippen molar-refractivity contribution < 1.29 is 20.1 Å². The first-order valence-electron chi connectivity index (χ1n) is 12.1. The van der Waals surface area contributed by atoms with Gasteiger partial charge in [-0.1, -0.05) is 122 Å². The third kappa shape index (κ3) is 33.0. The van der Waals surface area contributed by atoms with E-state index in [0.717, 1.165) is 12.8 Å². The molecule has 0 aromatic rings. The Bertz CT molecular complexity index is 280. The van der Waals surface area contributed by atoms with Gasteiger partial charge in [0.2, 0.25) is 0 Å². The third-order valence-electron chi connectivity index (χ3n) is 5.09. The minimum Gasteiger partial charge on any atom is -0.481 e. The molecule has 3 N–H and O–H groups in total. The van der Waals surface area contributed by atoms with Crippen LogP contribution in [0.15, 0.2) is 0 Å². The first kappa shape index (κ1) is 29.6. The highest BCUT2D eigenvalue weighted by atomic mass is 16.4. The summed E-state index contributed by atoms with van der Waals surface area (Å²) < 4.78 is 0. The van der Waals surface area contributed by atoms with Gasteiger partial charge in [0.15, 0.2) is 0 Å². The SMILES string of the molecule is CCCCCCCCCCCCCCCCCCCCCC(=O)O.OCCO. The first-order chi connectivity index (χ1) is 13.7. The Balaban J connectivity index is 0. The lowest BCUT2D eigenvalue weighted by atomic mass is 10.0. The van der Waals surface area contributed by atoms with Gasteiger partial charge in [0.05, 0.1) is 13.2 Å². The van der Waals surface area contributed by atoms with Crippen LogP contribution in [0.2, 0.25) is 0 Å². The molecule has 0 unspecified atom stereocenters. The van der Waals surface area contributed by atoms with Crippen molar-refractivity contribution in [2.75, 3.05) is 13.2 Å². The van der Waals surface area contributed by atoms with Crippen LogP contribution < -0.4 is 0 Å². The molecule has 0 atom stereocenters. The highest BCUT2D eigenvalue weighted by Crippen LogP contribution is 2.14. The molecule has 0 amide bonds. The molecule has 0 rings (SSSR count). The van der Waals surface area contributed by atoms with Crippen molar-refractivity contribution in [2.45, 2.75) is 135 Å². The zero-order valence-corrected chi connectivity index (χ0v) is 18.8. The summed E-state index contributed by atoms with van der Waals surface area (Å²) in [7, 11) is 0. The monoisotopic (exact) mass is 402 g/mol. The molecule has 4 nitrogen and oxygen atoms in total. The van der Waals surface area contributed by atoms with Gasteiger partial charge in [-0.15, -0.1) is 0 Å². The van der Waals surface area contributed by atoms with Crippen molar-refractivity contribution in [3.05, 3.63) is 0 Å². The molecule has 0 spiro atoms. The van der Waals surface area contributed by atoms with Gasteiger partial charge in [-0.25, -0.2) is 0 Å². The molecule has 0 aliphatic carbocycles. The number of hydrogen-bond acceptors (Lipinski definition) is 3. The summed E-state index contributed by atoms with van der Waals surface area (Å²) in [6.07, 6.45) is 26.1. The molecule has 0 aromatic carbocycles. The minimum absolute atomic E-state index is 0.125. The van der Waals surface area contributed by atoms with Crippen LogP contribution in [0.5, 0.6) is 0 Å². The highest BCUT2D eigenvalue weighted by molar-refractivity contribution is 5.66. The van der Waals surface area contributed by atoms with E-state index in [1.54, 1.807) is 0 Å². The number of aliphatic carboxylic acids is 1. The second-order valence-electron chi connectivity index (χ2n) is 7.95. The summed E-state index contributed by atoms with van der Waals surface area (Å²) in [5.41, 5.74) is 0. The molecular weight excluding hydrogens is 352 g/mol. The van der Waals surface area contributed by atoms with Gasteiger partial charge >= 0.3 is 5.97 Å². The van der Waals surface area contributed by atoms with E-state index in [4.69, 9.17) is 15.3 Å². The number of carboxylic acid groups (broad SMARTS) is 1. The van der Waals surface area contributed by atoms with Crippen molar-refractivity contribution in [1.29, 1.82) is 0 Å². The fraction of sp³-hybridized carbons (Fsp3) is 0.958. The summed E-state index contributed by atoms with van der Waals surface area (Å²) >= 11 is 0. The number of unbranched alkanes of at least 4 members (excludes halogenated alkanes) is 18. The fourth-order valence-corrected chi connectivity index (χ4v) is 3.35. The average Bonchev–Trinajstić information content (AvgIpc) is 2.69. The summed E-state index contributed by atoms with van der Waals surface area (Å²) in [5.74, 6) is -0.651. The normalized spacial score (nSPS) is 10.5. The summed E-state index contributed by atoms with van der Waals surface area (Å²) in [4.78, 5) is 10.4. The van der Waals surface area contributed by atoms with Crippen LogP contribution in [0.1, 0.15) is 135 Å². The molecule has 0 fully saturated rings. The summed E-state index contributed by atoms with van der Waals surface area (Å²) in [6.45, 7) is 2.03. The van der Waals surface area contributed by atoms with Crippen molar-refractivity contribution in [1.82, 2.24) is 0 Å². The molecule has 0 heterocycles. The number of carbonyl (C=O) groups is 1. The largest absolute Gasteiger partial charge is 0.481 e. The lowest BCUT2D eigenvalue weighted by molar-refractivity contribution is -0.137. The zero-order valence-electron chi connectivity index (χ0n) is 18.8. The molecule has 0 radical (unpaired) electrons. The van der Waals surface area contributed by atoms with Crippen LogP contribution in [0, 0.1) is 0 Å². The van der Waals surface area contributed by atoms with Crippen LogP contribution in [-0.2, 0) is 4.79 Å². The Morgan fingerprint density at radius 2 is 0.750 bits per heavy atom. The molecule has 0 saturated heterocycles. The van der Waals surface area contributed by atoms with Gasteiger partial charge in [-0.2, -0.15) is 0 Å². The second kappa shape index (κ2) is 28.6. The number of aliphatic hydroxyl groups excluding tert-OH is 2. The molecular formula is C24H50O4. The van der Waals surface area contributed by atoms with E-state index in [-0.39, 0.29) is 13.2 Å². The van der Waals surface area contributed by atoms with Gasteiger partial charge in [0.1, 0.15) is 0 Å². The van der Waals surface area contributed by atoms with E-state index >= 15 is 0 Å². The van der Waals surface area contributed by atoms with Crippen molar-refractivity contribution in [2.24, 2.45) is 0 Å². The van der Waals surface area contributed by atoms with E-state index in [2.05, 4.69) is 6.92 Å². The Morgan fingerprint density at radius 3 is 0.964 bits per heavy atom. The summed E-state index contributed by atoms with van der Waals surface area (Å²) in [5, 5.41) is 23.8. The Kier molecular flexibility index (Phi) is 30.2. The molecule has 0 aromatic heterocycles. The predicted octanol–water partition coefficient (Wildman–Crippen LogP) is 6.86. The summed E-state index contributed by atoms with van der Waals surface area (Å²) in [6, 6.07) is 0. The number of carboxylic acids is 1. The van der Waals surface area contributed by atoms with Crippen LogP contribution in [-0.4, -0.2) is 34.5 Å². The molecule has 28 heavy (non-hydrogen) atoms. The molecule has 0 aliphatic heterocycles. The molecule has 0 saturated carbocycles. The Morgan fingerprint density at radius 1 is 0.500 bits per heavy atom. The highest BCUT2D eigenvalue weighted by Gasteiger charge is 1.97. The quantitative estimate of drug-likeness (QED) is 0.183. The smallest absolute Gasteiger partial charge is 0.303 e. The van der Waals surface area contributed by atoms with E-state index < -0.39 is 5.97 Å². The maximum atomic E-state index is 10.4. The van der Waals surface area contributed by atoms with Crippen molar-refractivity contribution in [3.8, 4) is 0 Å². The number of rotatable bonds is 21. The van der Waals surface area contributed by atoms with Gasteiger partial charge < -0.3 is 15.3 Å².